The minimum atomic E-state index is -0.928. The van der Waals surface area contributed by atoms with Gasteiger partial charge in [-0.15, -0.1) is 0 Å². The number of nitrogens with two attached hydrogens (primary N) is 2. The summed E-state index contributed by atoms with van der Waals surface area (Å²) in [6.07, 6.45) is 3.17. The van der Waals surface area contributed by atoms with Gasteiger partial charge in [-0.25, -0.2) is 0 Å². The molecule has 2 rings (SSSR count). The molecule has 1 aromatic rings. The molecule has 0 amide bonds. The molecule has 5 heteroatoms. The number of ether oxygens (including phenoxy) is 1. The molecule has 110 valence electrons. The van der Waals surface area contributed by atoms with Crippen LogP contribution in [0.15, 0.2) is 18.2 Å². The average molecular weight is 278 g/mol. The van der Waals surface area contributed by atoms with Crippen LogP contribution in [-0.4, -0.2) is 24.7 Å². The Morgan fingerprint density at radius 1 is 1.50 bits per heavy atom. The third-order valence-electron chi connectivity index (χ3n) is 4.05. The number of nitrogen functional groups attached to an aromatic ring is 1. The van der Waals surface area contributed by atoms with Gasteiger partial charge in [-0.05, 0) is 42.5 Å². The molecule has 0 radical (unpaired) electrons. The minimum absolute atomic E-state index is 0.122. The molecule has 1 unspecified atom stereocenters. The van der Waals surface area contributed by atoms with Gasteiger partial charge in [-0.3, -0.25) is 4.79 Å². The third kappa shape index (κ3) is 3.04. The largest absolute Gasteiger partial charge is 0.496 e. The summed E-state index contributed by atoms with van der Waals surface area (Å²) in [5.41, 5.74) is 12.1. The SMILES string of the molecule is COc1ccc(N)cc1CC(CN)(CC1CC1)C(=O)O. The Labute approximate surface area is 118 Å². The van der Waals surface area contributed by atoms with Gasteiger partial charge in [-0.2, -0.15) is 0 Å². The molecule has 5 nitrogen and oxygen atoms in total. The van der Waals surface area contributed by atoms with Crippen molar-refractivity contribution in [3.8, 4) is 5.75 Å². The predicted octanol–water partition coefficient (Wildman–Crippen LogP) is 1.65. The summed E-state index contributed by atoms with van der Waals surface area (Å²) in [4.78, 5) is 11.8. The topological polar surface area (TPSA) is 98.6 Å². The molecular weight excluding hydrogens is 256 g/mol. The molecule has 1 fully saturated rings. The number of carboxylic acids is 1. The first kappa shape index (κ1) is 14.7. The van der Waals surface area contributed by atoms with E-state index in [1.165, 1.54) is 0 Å². The molecule has 0 heterocycles. The van der Waals surface area contributed by atoms with Crippen LogP contribution in [0.3, 0.4) is 0 Å². The number of hydrogen-bond donors (Lipinski definition) is 3. The van der Waals surface area contributed by atoms with E-state index in [0.29, 0.717) is 30.2 Å². The number of hydrogen-bond acceptors (Lipinski definition) is 4. The molecule has 20 heavy (non-hydrogen) atoms. The maximum absolute atomic E-state index is 11.8. The van der Waals surface area contributed by atoms with Gasteiger partial charge in [0.2, 0.25) is 0 Å². The van der Waals surface area contributed by atoms with Crippen LogP contribution in [0.25, 0.3) is 0 Å². The Balaban J connectivity index is 2.30. The van der Waals surface area contributed by atoms with Gasteiger partial charge < -0.3 is 21.3 Å². The van der Waals surface area contributed by atoms with Gasteiger partial charge in [0.25, 0.3) is 0 Å². The standard InChI is InChI=1S/C15H22N2O3/c1-20-13-5-4-12(17)6-11(13)8-15(9-16,14(18)19)7-10-2-3-10/h4-6,10H,2-3,7-9,16-17H2,1H3,(H,18,19). The summed E-state index contributed by atoms with van der Waals surface area (Å²) in [7, 11) is 1.57. The van der Waals surface area contributed by atoms with Crippen LogP contribution in [-0.2, 0) is 11.2 Å². The van der Waals surface area contributed by atoms with E-state index in [1.54, 1.807) is 25.3 Å². The van der Waals surface area contributed by atoms with Crippen molar-refractivity contribution in [3.05, 3.63) is 23.8 Å². The van der Waals surface area contributed by atoms with Crippen LogP contribution >= 0.6 is 0 Å². The molecule has 0 aromatic heterocycles. The van der Waals surface area contributed by atoms with Crippen molar-refractivity contribution in [1.82, 2.24) is 0 Å². The zero-order valence-corrected chi connectivity index (χ0v) is 11.8. The molecule has 1 aliphatic rings. The Kier molecular flexibility index (Phi) is 4.18. The fourth-order valence-corrected chi connectivity index (χ4v) is 2.65. The molecule has 5 N–H and O–H groups in total. The highest BCUT2D eigenvalue weighted by molar-refractivity contribution is 5.76. The zero-order valence-electron chi connectivity index (χ0n) is 11.8. The molecule has 1 aliphatic carbocycles. The van der Waals surface area contributed by atoms with Crippen LogP contribution in [0.1, 0.15) is 24.8 Å². The summed E-state index contributed by atoms with van der Waals surface area (Å²) in [5, 5.41) is 9.64. The number of anilines is 1. The number of aliphatic carboxylic acids is 1. The summed E-state index contributed by atoms with van der Waals surface area (Å²) >= 11 is 0. The lowest BCUT2D eigenvalue weighted by Gasteiger charge is -2.29. The van der Waals surface area contributed by atoms with Crippen LogP contribution in [0.5, 0.6) is 5.75 Å². The Morgan fingerprint density at radius 2 is 2.20 bits per heavy atom. The van der Waals surface area contributed by atoms with Gasteiger partial charge in [-0.1, -0.05) is 12.8 Å². The second-order valence-electron chi connectivity index (χ2n) is 5.69. The molecule has 0 saturated heterocycles. The number of benzene rings is 1. The van der Waals surface area contributed by atoms with E-state index >= 15 is 0 Å². The van der Waals surface area contributed by atoms with Crippen molar-refractivity contribution in [3.63, 3.8) is 0 Å². The molecule has 1 atom stereocenters. The van der Waals surface area contributed by atoms with Crippen LogP contribution < -0.4 is 16.2 Å². The van der Waals surface area contributed by atoms with E-state index in [9.17, 15) is 9.90 Å². The van der Waals surface area contributed by atoms with E-state index in [2.05, 4.69) is 0 Å². The van der Waals surface area contributed by atoms with E-state index < -0.39 is 11.4 Å². The van der Waals surface area contributed by atoms with Crippen molar-refractivity contribution in [2.45, 2.75) is 25.7 Å². The Bertz CT molecular complexity index is 500. The van der Waals surface area contributed by atoms with Crippen molar-refractivity contribution in [2.75, 3.05) is 19.4 Å². The predicted molar refractivity (Wildman–Crippen MR) is 77.6 cm³/mol. The van der Waals surface area contributed by atoms with Gasteiger partial charge in [0, 0.05) is 12.2 Å². The molecule has 0 spiro atoms. The molecular formula is C15H22N2O3. The van der Waals surface area contributed by atoms with Crippen molar-refractivity contribution >= 4 is 11.7 Å². The van der Waals surface area contributed by atoms with Gasteiger partial charge >= 0.3 is 5.97 Å². The number of carboxylic acid groups (broad SMARTS) is 1. The quantitative estimate of drug-likeness (QED) is 0.659. The van der Waals surface area contributed by atoms with Crippen molar-refractivity contribution in [2.24, 2.45) is 17.1 Å². The van der Waals surface area contributed by atoms with E-state index in [1.807, 2.05) is 0 Å². The van der Waals surface area contributed by atoms with E-state index in [4.69, 9.17) is 16.2 Å². The summed E-state index contributed by atoms with van der Waals surface area (Å²) < 4.78 is 5.30. The zero-order chi connectivity index (χ0) is 14.8. The maximum Gasteiger partial charge on any atom is 0.311 e. The number of carbonyl (C=O) groups is 1. The lowest BCUT2D eigenvalue weighted by Crippen LogP contribution is -2.41. The fourth-order valence-electron chi connectivity index (χ4n) is 2.65. The Morgan fingerprint density at radius 3 is 2.70 bits per heavy atom. The number of methoxy groups -OCH3 is 1. The van der Waals surface area contributed by atoms with E-state index in [-0.39, 0.29) is 6.54 Å². The molecule has 0 aliphatic heterocycles. The number of rotatable bonds is 7. The monoisotopic (exact) mass is 278 g/mol. The van der Waals surface area contributed by atoms with Crippen molar-refractivity contribution < 1.29 is 14.6 Å². The van der Waals surface area contributed by atoms with Crippen LogP contribution in [0.2, 0.25) is 0 Å². The summed E-state index contributed by atoms with van der Waals surface area (Å²) in [6, 6.07) is 5.29. The van der Waals surface area contributed by atoms with E-state index in [0.717, 1.165) is 18.4 Å². The maximum atomic E-state index is 11.8. The first-order chi connectivity index (χ1) is 9.50. The lowest BCUT2D eigenvalue weighted by molar-refractivity contribution is -0.149. The first-order valence-electron chi connectivity index (χ1n) is 6.86. The fraction of sp³-hybridized carbons (Fsp3) is 0.533. The van der Waals surface area contributed by atoms with Gasteiger partial charge in [0.05, 0.1) is 12.5 Å². The highest BCUT2D eigenvalue weighted by atomic mass is 16.5. The second kappa shape index (κ2) is 5.71. The smallest absolute Gasteiger partial charge is 0.311 e. The van der Waals surface area contributed by atoms with Crippen LogP contribution in [0, 0.1) is 11.3 Å². The normalized spacial score (nSPS) is 17.5. The molecule has 0 bridgehead atoms. The van der Waals surface area contributed by atoms with Gasteiger partial charge in [0.1, 0.15) is 5.75 Å². The Hall–Kier alpha value is -1.75. The molecule has 1 aromatic carbocycles. The summed E-state index contributed by atoms with van der Waals surface area (Å²) in [6.45, 7) is 0.122. The van der Waals surface area contributed by atoms with Crippen LogP contribution in [0.4, 0.5) is 5.69 Å². The first-order valence-corrected chi connectivity index (χ1v) is 6.86. The van der Waals surface area contributed by atoms with Crippen molar-refractivity contribution in [1.29, 1.82) is 0 Å². The lowest BCUT2D eigenvalue weighted by atomic mass is 9.77. The summed E-state index contributed by atoms with van der Waals surface area (Å²) in [5.74, 6) is 0.312. The molecule has 1 saturated carbocycles. The average Bonchev–Trinajstić information content (AvgIpc) is 3.21. The second-order valence-corrected chi connectivity index (χ2v) is 5.69. The highest BCUT2D eigenvalue weighted by Gasteiger charge is 2.42. The van der Waals surface area contributed by atoms with Gasteiger partial charge in [0.15, 0.2) is 0 Å². The third-order valence-corrected chi connectivity index (χ3v) is 4.05. The highest BCUT2D eigenvalue weighted by Crippen LogP contribution is 2.43. The minimum Gasteiger partial charge on any atom is -0.496 e.